The quantitative estimate of drug-likeness (QED) is 0.372. The summed E-state index contributed by atoms with van der Waals surface area (Å²) in [5.41, 5.74) is 3.03. The maximum Gasteiger partial charge on any atom is 0.250 e. The molecule has 0 spiro atoms. The van der Waals surface area contributed by atoms with Crippen molar-refractivity contribution in [3.63, 3.8) is 0 Å². The summed E-state index contributed by atoms with van der Waals surface area (Å²) in [5.74, 6) is 0.393. The molecule has 3 aromatic rings. The number of carbonyl (C=O) groups is 1. The van der Waals surface area contributed by atoms with Gasteiger partial charge in [0.05, 0.1) is 30.3 Å². The minimum atomic E-state index is -0.199. The van der Waals surface area contributed by atoms with Crippen LogP contribution >= 0.6 is 0 Å². The van der Waals surface area contributed by atoms with Crippen LogP contribution in [0.4, 0.5) is 0 Å². The number of unbranched alkanes of at least 4 members (excludes halogenated alkanes) is 5. The molecule has 0 saturated heterocycles. The van der Waals surface area contributed by atoms with Gasteiger partial charge in [-0.25, -0.2) is 9.67 Å². The average molecular weight is 432 g/mol. The zero-order valence-electron chi connectivity index (χ0n) is 19.2. The maximum absolute atomic E-state index is 12.5. The lowest BCUT2D eigenvalue weighted by atomic mass is 10.1. The van der Waals surface area contributed by atoms with Crippen molar-refractivity contribution in [3.05, 3.63) is 83.3 Å². The molecule has 5 heteroatoms. The number of nitrogens with zero attached hydrogens (tertiary/aromatic N) is 3. The molecular weight excluding hydrogens is 398 g/mol. The van der Waals surface area contributed by atoms with E-state index in [1.165, 1.54) is 31.2 Å². The fourth-order valence-electron chi connectivity index (χ4n) is 3.45. The Bertz CT molecular complexity index is 1040. The Labute approximate surface area is 190 Å². The molecule has 0 unspecified atom stereocenters. The monoisotopic (exact) mass is 431 g/mol. The maximum atomic E-state index is 12.5. The van der Waals surface area contributed by atoms with Crippen LogP contribution in [0.15, 0.2) is 71.9 Å². The van der Waals surface area contributed by atoms with Gasteiger partial charge in [0.2, 0.25) is 5.88 Å². The molecule has 0 radical (unpaired) electrons. The molecule has 32 heavy (non-hydrogen) atoms. The highest BCUT2D eigenvalue weighted by Gasteiger charge is 2.07. The van der Waals surface area contributed by atoms with Crippen LogP contribution in [-0.4, -0.2) is 22.3 Å². The lowest BCUT2D eigenvalue weighted by Gasteiger charge is -2.13. The fraction of sp³-hybridized carbons (Fsp3) is 0.370. The Morgan fingerprint density at radius 2 is 1.69 bits per heavy atom. The Balaban J connectivity index is 1.72. The second-order valence-electron chi connectivity index (χ2n) is 8.08. The highest BCUT2D eigenvalue weighted by molar-refractivity contribution is 5.79. The largest absolute Gasteiger partial charge is 0.478 e. The minimum absolute atomic E-state index is 0.199. The van der Waals surface area contributed by atoms with Crippen molar-refractivity contribution in [2.75, 3.05) is 6.61 Å². The molecular formula is C27H33N3O2. The third-order valence-corrected chi connectivity index (χ3v) is 5.26. The van der Waals surface area contributed by atoms with Gasteiger partial charge in [-0.05, 0) is 31.0 Å². The third-order valence-electron chi connectivity index (χ3n) is 5.26. The number of ether oxygens (including phenoxy) is 1. The molecule has 1 heterocycles. The van der Waals surface area contributed by atoms with Gasteiger partial charge < -0.3 is 4.74 Å². The van der Waals surface area contributed by atoms with E-state index in [1.54, 1.807) is 16.9 Å². The molecule has 0 atom stereocenters. The Morgan fingerprint density at radius 1 is 0.969 bits per heavy atom. The standard InChI is InChI=1S/C27H33N3O2/c1-3-4-5-6-7-11-18-32-27-20-24(21-28-30(27)25-12-9-8-10-13-25)29-26(31)19-23-16-14-22(2)15-17-23/h8-10,12-17,20-21H,3-7,11,18-19H2,1-2H3. The van der Waals surface area contributed by atoms with Crippen LogP contribution in [-0.2, 0) is 11.2 Å². The van der Waals surface area contributed by atoms with E-state index in [9.17, 15) is 4.79 Å². The van der Waals surface area contributed by atoms with Crippen molar-refractivity contribution < 1.29 is 9.53 Å². The van der Waals surface area contributed by atoms with Crippen LogP contribution in [0.3, 0.4) is 0 Å². The van der Waals surface area contributed by atoms with Gasteiger partial charge in [0.25, 0.3) is 5.91 Å². The Hall–Kier alpha value is -3.21. The van der Waals surface area contributed by atoms with Gasteiger partial charge in [0.15, 0.2) is 0 Å². The molecule has 0 N–H and O–H groups in total. The summed E-state index contributed by atoms with van der Waals surface area (Å²) >= 11 is 0. The molecule has 0 saturated carbocycles. The van der Waals surface area contributed by atoms with Gasteiger partial charge in [0, 0.05) is 6.07 Å². The van der Waals surface area contributed by atoms with E-state index in [0.29, 0.717) is 17.8 Å². The van der Waals surface area contributed by atoms with Gasteiger partial charge in [-0.2, -0.15) is 5.10 Å². The molecule has 0 aliphatic carbocycles. The van der Waals surface area contributed by atoms with E-state index in [-0.39, 0.29) is 12.3 Å². The van der Waals surface area contributed by atoms with E-state index in [2.05, 4.69) is 17.0 Å². The zero-order chi connectivity index (χ0) is 22.6. The SMILES string of the molecule is CCCCCCCCOc1cc(=NC(=O)Cc2ccc(C)cc2)cnn1-c1ccccc1. The van der Waals surface area contributed by atoms with Crippen LogP contribution in [0.25, 0.3) is 5.69 Å². The fourth-order valence-corrected chi connectivity index (χ4v) is 3.45. The summed E-state index contributed by atoms with van der Waals surface area (Å²) in [5, 5.41) is 5.01. The summed E-state index contributed by atoms with van der Waals surface area (Å²) in [4.78, 5) is 16.7. The summed E-state index contributed by atoms with van der Waals surface area (Å²) in [7, 11) is 0. The van der Waals surface area contributed by atoms with E-state index < -0.39 is 0 Å². The number of hydrogen-bond acceptors (Lipinski definition) is 3. The minimum Gasteiger partial charge on any atom is -0.478 e. The molecule has 0 fully saturated rings. The van der Waals surface area contributed by atoms with E-state index >= 15 is 0 Å². The number of amides is 1. The molecule has 1 aromatic heterocycles. The third kappa shape index (κ3) is 7.49. The number of para-hydroxylation sites is 1. The number of hydrogen-bond donors (Lipinski definition) is 0. The molecule has 0 bridgehead atoms. The molecule has 3 rings (SSSR count). The Morgan fingerprint density at radius 3 is 2.44 bits per heavy atom. The van der Waals surface area contributed by atoms with Gasteiger partial charge in [0.1, 0.15) is 0 Å². The van der Waals surface area contributed by atoms with Crippen LogP contribution < -0.4 is 10.1 Å². The number of aromatic nitrogens is 2. The van der Waals surface area contributed by atoms with E-state index in [0.717, 1.165) is 24.1 Å². The predicted octanol–water partition coefficient (Wildman–Crippen LogP) is 5.59. The topological polar surface area (TPSA) is 56.5 Å². The van der Waals surface area contributed by atoms with Gasteiger partial charge >= 0.3 is 0 Å². The van der Waals surface area contributed by atoms with Crippen molar-refractivity contribution in [1.82, 2.24) is 9.78 Å². The first-order chi connectivity index (χ1) is 15.7. The smallest absolute Gasteiger partial charge is 0.250 e. The van der Waals surface area contributed by atoms with Crippen molar-refractivity contribution in [2.45, 2.75) is 58.8 Å². The van der Waals surface area contributed by atoms with Gasteiger partial charge in [-0.1, -0.05) is 87.1 Å². The lowest BCUT2D eigenvalue weighted by molar-refractivity contribution is -0.117. The first kappa shape index (κ1) is 23.5. The summed E-state index contributed by atoms with van der Waals surface area (Å²) in [6.45, 7) is 4.86. The van der Waals surface area contributed by atoms with Gasteiger partial charge in [-0.15, -0.1) is 0 Å². The van der Waals surface area contributed by atoms with Crippen molar-refractivity contribution in [2.24, 2.45) is 4.99 Å². The summed E-state index contributed by atoms with van der Waals surface area (Å²) in [6.07, 6.45) is 9.07. The number of rotatable bonds is 11. The van der Waals surface area contributed by atoms with Gasteiger partial charge in [-0.3, -0.25) is 4.79 Å². The highest BCUT2D eigenvalue weighted by Crippen LogP contribution is 2.15. The second-order valence-corrected chi connectivity index (χ2v) is 8.08. The van der Waals surface area contributed by atoms with Crippen molar-refractivity contribution in [1.29, 1.82) is 0 Å². The van der Waals surface area contributed by atoms with Crippen LogP contribution in [0.1, 0.15) is 56.6 Å². The van der Waals surface area contributed by atoms with E-state index in [1.807, 2.05) is 61.5 Å². The summed E-state index contributed by atoms with van der Waals surface area (Å²) < 4.78 is 7.83. The van der Waals surface area contributed by atoms with Crippen LogP contribution in [0.5, 0.6) is 5.88 Å². The molecule has 168 valence electrons. The summed E-state index contributed by atoms with van der Waals surface area (Å²) in [6, 6.07) is 19.6. The number of benzene rings is 2. The van der Waals surface area contributed by atoms with Crippen molar-refractivity contribution >= 4 is 5.91 Å². The number of aryl methyl sites for hydroxylation is 1. The zero-order valence-corrected chi connectivity index (χ0v) is 19.2. The molecule has 2 aromatic carbocycles. The normalized spacial score (nSPS) is 11.5. The molecule has 1 amide bonds. The Kier molecular flexibility index (Phi) is 9.23. The molecule has 5 nitrogen and oxygen atoms in total. The van der Waals surface area contributed by atoms with Crippen LogP contribution in [0.2, 0.25) is 0 Å². The first-order valence-electron chi connectivity index (χ1n) is 11.6. The lowest BCUT2D eigenvalue weighted by Crippen LogP contribution is -2.16. The molecule has 0 aliphatic heterocycles. The highest BCUT2D eigenvalue weighted by atomic mass is 16.5. The van der Waals surface area contributed by atoms with Crippen molar-refractivity contribution in [3.8, 4) is 11.6 Å². The second kappa shape index (κ2) is 12.6. The first-order valence-corrected chi connectivity index (χ1v) is 11.6. The predicted molar refractivity (Wildman–Crippen MR) is 128 cm³/mol. The number of carbonyl (C=O) groups excluding carboxylic acids is 1. The molecule has 0 aliphatic rings. The van der Waals surface area contributed by atoms with E-state index in [4.69, 9.17) is 4.74 Å². The average Bonchev–Trinajstić information content (AvgIpc) is 2.81. The van der Waals surface area contributed by atoms with Crippen LogP contribution in [0, 0.1) is 6.92 Å².